The number of amides is 2. The fraction of sp³-hybridized carbons (Fsp3) is 0.818. The number of hydrogen-bond acceptors (Lipinski definition) is 2. The van der Waals surface area contributed by atoms with Crippen molar-refractivity contribution in [3.05, 3.63) is 0 Å². The van der Waals surface area contributed by atoms with Gasteiger partial charge in [-0.2, -0.15) is 0 Å². The smallest absolute Gasteiger partial charge is 0.326 e. The lowest BCUT2D eigenvalue weighted by molar-refractivity contribution is -0.140. The summed E-state index contributed by atoms with van der Waals surface area (Å²) in [7, 11) is 1.65. The maximum atomic E-state index is 11.7. The van der Waals surface area contributed by atoms with Crippen LogP contribution < -0.4 is 5.32 Å². The van der Waals surface area contributed by atoms with Crippen LogP contribution in [0, 0.1) is 5.92 Å². The van der Waals surface area contributed by atoms with Gasteiger partial charge in [0.05, 0.1) is 0 Å². The van der Waals surface area contributed by atoms with Gasteiger partial charge in [-0.1, -0.05) is 20.3 Å². The second kappa shape index (κ2) is 6.35. The standard InChI is InChI=1S/C11H22N2O3/c1-6-8(4)9(10(14)15)12-11(16)13(5)7(2)3/h7-9H,6H2,1-5H3,(H,12,16)(H,14,15)/t8-,9-/m0/s1. The summed E-state index contributed by atoms with van der Waals surface area (Å²) in [6.45, 7) is 7.46. The van der Waals surface area contributed by atoms with Gasteiger partial charge >= 0.3 is 12.0 Å². The van der Waals surface area contributed by atoms with Crippen molar-refractivity contribution in [2.75, 3.05) is 7.05 Å². The number of carboxylic acids is 1. The Morgan fingerprint density at radius 2 is 1.81 bits per heavy atom. The number of nitrogens with zero attached hydrogens (tertiary/aromatic N) is 1. The van der Waals surface area contributed by atoms with Gasteiger partial charge in [-0.3, -0.25) is 0 Å². The Balaban J connectivity index is 4.52. The quantitative estimate of drug-likeness (QED) is 0.752. The topological polar surface area (TPSA) is 69.6 Å². The summed E-state index contributed by atoms with van der Waals surface area (Å²) in [5.41, 5.74) is 0. The number of nitrogens with one attached hydrogen (secondary N) is 1. The average molecular weight is 230 g/mol. The van der Waals surface area contributed by atoms with Crippen LogP contribution in [0.25, 0.3) is 0 Å². The van der Waals surface area contributed by atoms with E-state index in [1.54, 1.807) is 7.05 Å². The second-order valence-electron chi connectivity index (χ2n) is 4.36. The fourth-order valence-corrected chi connectivity index (χ4v) is 1.15. The minimum Gasteiger partial charge on any atom is -0.480 e. The van der Waals surface area contributed by atoms with Crippen molar-refractivity contribution in [1.29, 1.82) is 0 Å². The molecule has 0 radical (unpaired) electrons. The summed E-state index contributed by atoms with van der Waals surface area (Å²) in [5, 5.41) is 11.5. The van der Waals surface area contributed by atoms with E-state index in [1.807, 2.05) is 27.7 Å². The third-order valence-electron chi connectivity index (χ3n) is 2.85. The molecule has 0 heterocycles. The van der Waals surface area contributed by atoms with Crippen molar-refractivity contribution in [3.8, 4) is 0 Å². The number of aliphatic carboxylic acids is 1. The monoisotopic (exact) mass is 230 g/mol. The Labute approximate surface area is 96.8 Å². The number of carbonyl (C=O) groups is 2. The average Bonchev–Trinajstić information content (AvgIpc) is 2.22. The number of urea groups is 1. The van der Waals surface area contributed by atoms with Gasteiger partial charge in [0.15, 0.2) is 0 Å². The van der Waals surface area contributed by atoms with Crippen LogP contribution in [0.4, 0.5) is 4.79 Å². The molecule has 0 spiro atoms. The van der Waals surface area contributed by atoms with Gasteiger partial charge in [0, 0.05) is 13.1 Å². The molecule has 0 aliphatic heterocycles. The summed E-state index contributed by atoms with van der Waals surface area (Å²) in [5.74, 6) is -1.07. The highest BCUT2D eigenvalue weighted by Gasteiger charge is 2.26. The molecule has 0 aromatic heterocycles. The summed E-state index contributed by atoms with van der Waals surface area (Å²) in [6, 6.07) is -1.12. The highest BCUT2D eigenvalue weighted by atomic mass is 16.4. The van der Waals surface area contributed by atoms with Gasteiger partial charge in [-0.25, -0.2) is 9.59 Å². The van der Waals surface area contributed by atoms with Crippen molar-refractivity contribution in [2.24, 2.45) is 5.92 Å². The zero-order valence-electron chi connectivity index (χ0n) is 10.7. The van der Waals surface area contributed by atoms with E-state index in [9.17, 15) is 9.59 Å². The Morgan fingerprint density at radius 3 is 2.12 bits per heavy atom. The first-order chi connectivity index (χ1) is 7.31. The van der Waals surface area contributed by atoms with E-state index in [2.05, 4.69) is 5.32 Å². The van der Waals surface area contributed by atoms with Crippen LogP contribution in [0.3, 0.4) is 0 Å². The molecule has 16 heavy (non-hydrogen) atoms. The van der Waals surface area contributed by atoms with Crippen molar-refractivity contribution in [3.63, 3.8) is 0 Å². The Hall–Kier alpha value is -1.26. The molecule has 0 aromatic carbocycles. The first-order valence-electron chi connectivity index (χ1n) is 5.57. The van der Waals surface area contributed by atoms with Crippen molar-refractivity contribution < 1.29 is 14.7 Å². The molecule has 0 aliphatic carbocycles. The van der Waals surface area contributed by atoms with Crippen LogP contribution in [-0.4, -0.2) is 41.1 Å². The van der Waals surface area contributed by atoms with Crippen molar-refractivity contribution >= 4 is 12.0 Å². The summed E-state index contributed by atoms with van der Waals surface area (Å²) in [6.07, 6.45) is 0.711. The van der Waals surface area contributed by atoms with E-state index < -0.39 is 12.0 Å². The van der Waals surface area contributed by atoms with Crippen LogP contribution in [0.5, 0.6) is 0 Å². The van der Waals surface area contributed by atoms with Gasteiger partial charge in [-0.15, -0.1) is 0 Å². The van der Waals surface area contributed by atoms with E-state index >= 15 is 0 Å². The van der Waals surface area contributed by atoms with Gasteiger partial charge in [-0.05, 0) is 19.8 Å². The van der Waals surface area contributed by atoms with Crippen molar-refractivity contribution in [1.82, 2.24) is 10.2 Å². The minimum absolute atomic E-state index is 0.0476. The van der Waals surface area contributed by atoms with E-state index in [0.717, 1.165) is 0 Å². The molecule has 0 aromatic rings. The van der Waals surface area contributed by atoms with Crippen LogP contribution in [-0.2, 0) is 4.79 Å². The summed E-state index contributed by atoms with van der Waals surface area (Å²) < 4.78 is 0. The minimum atomic E-state index is -0.986. The molecule has 0 rings (SSSR count). The van der Waals surface area contributed by atoms with Crippen LogP contribution in [0.1, 0.15) is 34.1 Å². The third-order valence-corrected chi connectivity index (χ3v) is 2.85. The van der Waals surface area contributed by atoms with E-state index in [1.165, 1.54) is 4.90 Å². The zero-order valence-corrected chi connectivity index (χ0v) is 10.7. The predicted molar refractivity (Wildman–Crippen MR) is 62.3 cm³/mol. The van der Waals surface area contributed by atoms with Gasteiger partial charge in [0.2, 0.25) is 0 Å². The number of rotatable bonds is 5. The second-order valence-corrected chi connectivity index (χ2v) is 4.36. The molecular formula is C11H22N2O3. The molecule has 2 amide bonds. The predicted octanol–water partition coefficient (Wildman–Crippen LogP) is 1.54. The molecule has 5 nitrogen and oxygen atoms in total. The Bertz CT molecular complexity index is 254. The zero-order chi connectivity index (χ0) is 12.9. The van der Waals surface area contributed by atoms with Gasteiger partial charge in [0.1, 0.15) is 6.04 Å². The first kappa shape index (κ1) is 14.7. The summed E-state index contributed by atoms with van der Waals surface area (Å²) in [4.78, 5) is 24.2. The Kier molecular flexibility index (Phi) is 5.85. The molecule has 2 atom stereocenters. The molecule has 0 saturated carbocycles. The summed E-state index contributed by atoms with van der Waals surface area (Å²) >= 11 is 0. The Morgan fingerprint density at radius 1 is 1.31 bits per heavy atom. The molecule has 2 N–H and O–H groups in total. The lowest BCUT2D eigenvalue weighted by atomic mass is 9.99. The van der Waals surface area contributed by atoms with E-state index in [0.29, 0.717) is 6.42 Å². The number of hydrogen-bond donors (Lipinski definition) is 2. The molecule has 0 unspecified atom stereocenters. The molecule has 0 bridgehead atoms. The molecule has 5 heteroatoms. The van der Waals surface area contributed by atoms with Crippen LogP contribution in [0.15, 0.2) is 0 Å². The highest BCUT2D eigenvalue weighted by molar-refractivity contribution is 5.82. The van der Waals surface area contributed by atoms with Crippen LogP contribution >= 0.6 is 0 Å². The van der Waals surface area contributed by atoms with E-state index in [-0.39, 0.29) is 18.0 Å². The van der Waals surface area contributed by atoms with Crippen molar-refractivity contribution in [2.45, 2.75) is 46.2 Å². The molecule has 0 fully saturated rings. The lowest BCUT2D eigenvalue weighted by Gasteiger charge is -2.26. The number of carbonyl (C=O) groups excluding carboxylic acids is 1. The SMILES string of the molecule is CC[C@H](C)[C@H](NC(=O)N(C)C(C)C)C(=O)O. The molecular weight excluding hydrogens is 208 g/mol. The van der Waals surface area contributed by atoms with E-state index in [4.69, 9.17) is 5.11 Å². The lowest BCUT2D eigenvalue weighted by Crippen LogP contribution is -2.51. The highest BCUT2D eigenvalue weighted by Crippen LogP contribution is 2.08. The first-order valence-corrected chi connectivity index (χ1v) is 5.57. The maximum Gasteiger partial charge on any atom is 0.326 e. The largest absolute Gasteiger partial charge is 0.480 e. The van der Waals surface area contributed by atoms with Gasteiger partial charge < -0.3 is 15.3 Å². The molecule has 0 saturated heterocycles. The third kappa shape index (κ3) is 4.08. The van der Waals surface area contributed by atoms with Crippen LogP contribution in [0.2, 0.25) is 0 Å². The number of carboxylic acid groups (broad SMARTS) is 1. The van der Waals surface area contributed by atoms with Gasteiger partial charge in [0.25, 0.3) is 0 Å². The molecule has 0 aliphatic rings. The molecule has 94 valence electrons. The fourth-order valence-electron chi connectivity index (χ4n) is 1.15. The maximum absolute atomic E-state index is 11.7. The normalized spacial score (nSPS) is 14.4.